The van der Waals surface area contributed by atoms with E-state index in [2.05, 4.69) is 61.4 Å². The summed E-state index contributed by atoms with van der Waals surface area (Å²) < 4.78 is 1.82. The molecule has 130 valence electrons. The van der Waals surface area contributed by atoms with Gasteiger partial charge in [-0.2, -0.15) is 0 Å². The number of aryl methyl sites for hydroxylation is 1. The fourth-order valence-electron chi connectivity index (χ4n) is 2.51. The van der Waals surface area contributed by atoms with Gasteiger partial charge in [0.2, 0.25) is 5.91 Å². The molecule has 0 aliphatic rings. The molecule has 0 bridgehead atoms. The van der Waals surface area contributed by atoms with Gasteiger partial charge in [-0.3, -0.25) is 4.79 Å². The number of anilines is 1. The predicted molar refractivity (Wildman–Crippen MR) is 99.6 cm³/mol. The third-order valence-corrected chi connectivity index (χ3v) is 5.09. The highest BCUT2D eigenvalue weighted by molar-refractivity contribution is 8.00. The molecular formula is C18H26N4OS. The molecule has 2 rings (SSSR count). The van der Waals surface area contributed by atoms with Crippen molar-refractivity contribution in [1.82, 2.24) is 14.8 Å². The van der Waals surface area contributed by atoms with Gasteiger partial charge in [-0.25, -0.2) is 0 Å². The lowest BCUT2D eigenvalue weighted by atomic mass is 9.92. The molecule has 1 aromatic heterocycles. The van der Waals surface area contributed by atoms with Crippen LogP contribution in [0.3, 0.4) is 0 Å². The number of carbonyl (C=O) groups excluding carboxylic acids is 1. The maximum Gasteiger partial charge on any atom is 0.237 e. The maximum atomic E-state index is 12.7. The summed E-state index contributed by atoms with van der Waals surface area (Å²) in [6.45, 7) is 10.5. The molecule has 1 N–H and O–H groups in total. The average Bonchev–Trinajstić information content (AvgIpc) is 2.92. The van der Waals surface area contributed by atoms with Crippen LogP contribution < -0.4 is 5.32 Å². The zero-order valence-electron chi connectivity index (χ0n) is 15.2. The Balaban J connectivity index is 2.23. The van der Waals surface area contributed by atoms with Crippen LogP contribution in [-0.2, 0) is 11.8 Å². The molecule has 0 aliphatic heterocycles. The van der Waals surface area contributed by atoms with E-state index < -0.39 is 0 Å². The first-order chi connectivity index (χ1) is 11.3. The summed E-state index contributed by atoms with van der Waals surface area (Å²) in [6, 6.07) is 6.25. The summed E-state index contributed by atoms with van der Waals surface area (Å²) in [5, 5.41) is 11.5. The van der Waals surface area contributed by atoms with Crippen LogP contribution in [0.15, 0.2) is 29.7 Å². The summed E-state index contributed by atoms with van der Waals surface area (Å²) in [5.74, 6) is 0.680. The predicted octanol–water partition coefficient (Wildman–Crippen LogP) is 4.18. The minimum absolute atomic E-state index is 0.0157. The van der Waals surface area contributed by atoms with Gasteiger partial charge in [0.25, 0.3) is 0 Å². The van der Waals surface area contributed by atoms with Crippen molar-refractivity contribution in [2.24, 2.45) is 7.05 Å². The zero-order chi connectivity index (χ0) is 17.9. The Bertz CT molecular complexity index is 683. The van der Waals surface area contributed by atoms with E-state index in [4.69, 9.17) is 0 Å². The number of nitrogens with zero attached hydrogens (tertiary/aromatic N) is 3. The zero-order valence-corrected chi connectivity index (χ0v) is 16.0. The van der Waals surface area contributed by atoms with E-state index in [9.17, 15) is 4.79 Å². The van der Waals surface area contributed by atoms with Gasteiger partial charge in [0, 0.05) is 12.7 Å². The highest BCUT2D eigenvalue weighted by Crippen LogP contribution is 2.33. The Morgan fingerprint density at radius 1 is 1.12 bits per heavy atom. The van der Waals surface area contributed by atoms with Gasteiger partial charge in [0.15, 0.2) is 5.16 Å². The van der Waals surface area contributed by atoms with Gasteiger partial charge >= 0.3 is 0 Å². The molecule has 1 atom stereocenters. The van der Waals surface area contributed by atoms with Gasteiger partial charge in [0.1, 0.15) is 6.33 Å². The lowest BCUT2D eigenvalue weighted by Gasteiger charge is -2.21. The first kappa shape index (κ1) is 18.5. The largest absolute Gasteiger partial charge is 0.325 e. The Morgan fingerprint density at radius 2 is 1.71 bits per heavy atom. The minimum atomic E-state index is -0.256. The van der Waals surface area contributed by atoms with Gasteiger partial charge in [-0.05, 0) is 29.9 Å². The van der Waals surface area contributed by atoms with E-state index in [1.165, 1.54) is 22.9 Å². The van der Waals surface area contributed by atoms with Gasteiger partial charge in [0.05, 0.1) is 5.25 Å². The quantitative estimate of drug-likeness (QED) is 0.797. The highest BCUT2D eigenvalue weighted by atomic mass is 32.2. The molecule has 24 heavy (non-hydrogen) atoms. The van der Waals surface area contributed by atoms with E-state index >= 15 is 0 Å². The van der Waals surface area contributed by atoms with Gasteiger partial charge in [-0.1, -0.05) is 57.7 Å². The standard InChI is InChI=1S/C18H26N4OS/c1-11(2)14-8-7-9-15(12(3)4)16(14)20-17(23)13(5)24-18-21-19-10-22(18)6/h7-13H,1-6H3,(H,20,23)/t13-/m0/s1. The Kier molecular flexibility index (Phi) is 6.04. The molecular weight excluding hydrogens is 320 g/mol. The van der Waals surface area contributed by atoms with Crippen molar-refractivity contribution < 1.29 is 4.79 Å². The monoisotopic (exact) mass is 346 g/mol. The van der Waals surface area contributed by atoms with Crippen molar-refractivity contribution in [2.45, 2.75) is 56.9 Å². The molecule has 1 heterocycles. The van der Waals surface area contributed by atoms with E-state index in [-0.39, 0.29) is 11.2 Å². The number of rotatable bonds is 6. The topological polar surface area (TPSA) is 59.8 Å². The molecule has 1 aromatic carbocycles. The first-order valence-corrected chi connectivity index (χ1v) is 9.13. The van der Waals surface area contributed by atoms with Crippen molar-refractivity contribution in [3.05, 3.63) is 35.7 Å². The van der Waals surface area contributed by atoms with E-state index in [1.807, 2.05) is 18.5 Å². The molecule has 2 aromatic rings. The van der Waals surface area contributed by atoms with Crippen molar-refractivity contribution in [3.8, 4) is 0 Å². The second-order valence-corrected chi connectivity index (χ2v) is 7.90. The Labute approximate surface area is 148 Å². The number of carbonyl (C=O) groups is 1. The summed E-state index contributed by atoms with van der Waals surface area (Å²) in [4.78, 5) is 12.7. The molecule has 1 amide bonds. The minimum Gasteiger partial charge on any atom is -0.325 e. The lowest BCUT2D eigenvalue weighted by Crippen LogP contribution is -2.24. The van der Waals surface area contributed by atoms with Gasteiger partial charge < -0.3 is 9.88 Å². The third kappa shape index (κ3) is 4.17. The Morgan fingerprint density at radius 3 is 2.17 bits per heavy atom. The van der Waals surface area contributed by atoms with Crippen LogP contribution in [0.5, 0.6) is 0 Å². The lowest BCUT2D eigenvalue weighted by molar-refractivity contribution is -0.115. The van der Waals surface area contributed by atoms with Crippen LogP contribution in [0.25, 0.3) is 0 Å². The van der Waals surface area contributed by atoms with Crippen molar-refractivity contribution in [2.75, 3.05) is 5.32 Å². The van der Waals surface area contributed by atoms with Crippen molar-refractivity contribution in [1.29, 1.82) is 0 Å². The summed E-state index contributed by atoms with van der Waals surface area (Å²) in [6.07, 6.45) is 1.64. The Hall–Kier alpha value is -1.82. The van der Waals surface area contributed by atoms with Crippen molar-refractivity contribution in [3.63, 3.8) is 0 Å². The third-order valence-electron chi connectivity index (χ3n) is 3.94. The molecule has 0 fully saturated rings. The second-order valence-electron chi connectivity index (χ2n) is 6.59. The van der Waals surface area contributed by atoms with E-state index in [0.717, 1.165) is 10.8 Å². The molecule has 0 radical (unpaired) electrons. The number of thioether (sulfide) groups is 1. The van der Waals surface area contributed by atoms with Crippen LogP contribution in [0.2, 0.25) is 0 Å². The van der Waals surface area contributed by atoms with Crippen LogP contribution in [0, 0.1) is 0 Å². The van der Waals surface area contributed by atoms with Crippen molar-refractivity contribution >= 4 is 23.4 Å². The molecule has 0 aliphatic carbocycles. The van der Waals surface area contributed by atoms with Crippen LogP contribution >= 0.6 is 11.8 Å². The van der Waals surface area contributed by atoms with Crippen LogP contribution in [0.4, 0.5) is 5.69 Å². The summed E-state index contributed by atoms with van der Waals surface area (Å²) >= 11 is 1.41. The smallest absolute Gasteiger partial charge is 0.237 e. The number of nitrogens with one attached hydrogen (secondary N) is 1. The van der Waals surface area contributed by atoms with E-state index in [1.54, 1.807) is 6.33 Å². The molecule has 6 heteroatoms. The molecule has 0 saturated heterocycles. The molecule has 5 nitrogen and oxygen atoms in total. The highest BCUT2D eigenvalue weighted by Gasteiger charge is 2.21. The van der Waals surface area contributed by atoms with Crippen LogP contribution in [-0.4, -0.2) is 25.9 Å². The number of hydrogen-bond acceptors (Lipinski definition) is 4. The second kappa shape index (κ2) is 7.83. The maximum absolute atomic E-state index is 12.7. The summed E-state index contributed by atoms with van der Waals surface area (Å²) in [5.41, 5.74) is 3.30. The summed E-state index contributed by atoms with van der Waals surface area (Å²) in [7, 11) is 1.87. The molecule has 0 spiro atoms. The van der Waals surface area contributed by atoms with E-state index in [0.29, 0.717) is 11.8 Å². The number of aromatic nitrogens is 3. The molecule has 0 unspecified atom stereocenters. The number of benzene rings is 1. The van der Waals surface area contributed by atoms with Crippen LogP contribution in [0.1, 0.15) is 57.6 Å². The fraction of sp³-hybridized carbons (Fsp3) is 0.500. The fourth-order valence-corrected chi connectivity index (χ4v) is 3.30. The molecule has 0 saturated carbocycles. The normalized spacial score (nSPS) is 12.7. The first-order valence-electron chi connectivity index (χ1n) is 8.25. The average molecular weight is 346 g/mol. The van der Waals surface area contributed by atoms with Gasteiger partial charge in [-0.15, -0.1) is 10.2 Å². The number of hydrogen-bond donors (Lipinski definition) is 1. The number of amides is 1. The SMILES string of the molecule is CC(C)c1cccc(C(C)C)c1NC(=O)[C@H](C)Sc1nncn1C. The number of para-hydroxylation sites is 1.